The van der Waals surface area contributed by atoms with E-state index in [0.717, 1.165) is 128 Å². The van der Waals surface area contributed by atoms with Crippen molar-refractivity contribution in [3.8, 4) is 0 Å². The Morgan fingerprint density at radius 1 is 0.571 bits per heavy atom. The molecular weight excluding hydrogens is 524 g/mol. The summed E-state index contributed by atoms with van der Waals surface area (Å²) < 4.78 is 11.1. The van der Waals surface area contributed by atoms with E-state index >= 15 is 0 Å². The summed E-state index contributed by atoms with van der Waals surface area (Å²) >= 11 is 0. The molecule has 0 bridgehead atoms. The number of carbonyl (C=O) groups excluding carboxylic acids is 2. The van der Waals surface area contributed by atoms with Gasteiger partial charge in [-0.05, 0) is 118 Å². The van der Waals surface area contributed by atoms with E-state index in [4.69, 9.17) is 9.47 Å². The summed E-state index contributed by atoms with van der Waals surface area (Å²) in [5.74, 6) is -0.174. The molecule has 0 saturated carbocycles. The number of hydrogen-bond acceptors (Lipinski definition) is 5. The molecule has 0 rings (SSSR count). The van der Waals surface area contributed by atoms with Gasteiger partial charge in [0.05, 0.1) is 30.1 Å². The molecule has 0 fully saturated rings. The van der Waals surface area contributed by atoms with Gasteiger partial charge < -0.3 is 14.6 Å². The number of unbranched alkanes of at least 4 members (excludes halogenated alkanes) is 10. The number of aliphatic hydroxyl groups is 1. The highest BCUT2D eigenvalue weighted by Gasteiger charge is 2.29. The Balaban J connectivity index is 3.83. The maximum Gasteiger partial charge on any atom is 0.311 e. The first-order chi connectivity index (χ1) is 20.1. The summed E-state index contributed by atoms with van der Waals surface area (Å²) in [6.45, 7) is 13.3. The lowest BCUT2D eigenvalue weighted by atomic mass is 9.86. The van der Waals surface area contributed by atoms with Crippen LogP contribution in [0.15, 0.2) is 24.3 Å². The Hall–Kier alpha value is -1.62. The Morgan fingerprint density at radius 3 is 1.33 bits per heavy atom. The van der Waals surface area contributed by atoms with E-state index in [9.17, 15) is 14.7 Å². The lowest BCUT2D eigenvalue weighted by molar-refractivity contribution is -0.155. The zero-order chi connectivity index (χ0) is 31.5. The standard InChI is InChI=1S/C37H68O5/c1-7-9-11-13-15-17-25-31-41-34(39)36(3,4)29-23-19-21-27-33(38)28-22-20-24-30-37(5,6)35(40)42-32-26-18-16-14-12-10-8-2/h9-12,33,38H,7-8,13-32H2,1-6H3/b11-9-,12-10-. The normalized spacial score (nSPS) is 12.6. The average Bonchev–Trinajstić information content (AvgIpc) is 2.95. The molecule has 0 heterocycles. The summed E-state index contributed by atoms with van der Waals surface area (Å²) in [5.41, 5.74) is -0.900. The van der Waals surface area contributed by atoms with Crippen molar-refractivity contribution >= 4 is 11.9 Å². The van der Waals surface area contributed by atoms with Crippen molar-refractivity contribution in [1.82, 2.24) is 0 Å². The SMILES string of the molecule is CC/C=C\CCCCCOC(=O)C(C)(C)CCCCCC(O)CCCCCC(C)(C)C(=O)OCCCCC/C=C\CC. The molecule has 1 N–H and O–H groups in total. The number of esters is 2. The molecule has 246 valence electrons. The van der Waals surface area contributed by atoms with Crippen LogP contribution in [-0.2, 0) is 19.1 Å². The minimum atomic E-state index is -0.450. The highest BCUT2D eigenvalue weighted by atomic mass is 16.5. The lowest BCUT2D eigenvalue weighted by Gasteiger charge is -2.23. The molecule has 0 aliphatic carbocycles. The van der Waals surface area contributed by atoms with E-state index in [1.54, 1.807) is 0 Å². The zero-order valence-electron chi connectivity index (χ0n) is 28.5. The van der Waals surface area contributed by atoms with Crippen molar-refractivity contribution in [2.75, 3.05) is 13.2 Å². The predicted octanol–water partition coefficient (Wildman–Crippen LogP) is 10.4. The van der Waals surface area contributed by atoms with Crippen molar-refractivity contribution in [2.24, 2.45) is 10.8 Å². The van der Waals surface area contributed by atoms with Gasteiger partial charge in [0.25, 0.3) is 0 Å². The van der Waals surface area contributed by atoms with Gasteiger partial charge in [0.1, 0.15) is 0 Å². The van der Waals surface area contributed by atoms with Gasteiger partial charge in [-0.1, -0.05) is 76.7 Å². The third-order valence-corrected chi connectivity index (χ3v) is 8.08. The monoisotopic (exact) mass is 593 g/mol. The molecule has 0 spiro atoms. The highest BCUT2D eigenvalue weighted by Crippen LogP contribution is 2.27. The number of hydrogen-bond donors (Lipinski definition) is 1. The number of carbonyl (C=O) groups is 2. The van der Waals surface area contributed by atoms with E-state index < -0.39 is 10.8 Å². The fraction of sp³-hybridized carbons (Fsp3) is 0.838. The second-order valence-corrected chi connectivity index (χ2v) is 13.4. The molecule has 5 heteroatoms. The summed E-state index contributed by atoms with van der Waals surface area (Å²) in [7, 11) is 0. The van der Waals surface area contributed by atoms with Crippen molar-refractivity contribution in [1.29, 1.82) is 0 Å². The fourth-order valence-electron chi connectivity index (χ4n) is 4.97. The summed E-state index contributed by atoms with van der Waals surface area (Å²) in [6.07, 6.45) is 28.5. The van der Waals surface area contributed by atoms with Crippen LogP contribution < -0.4 is 0 Å². The van der Waals surface area contributed by atoms with Crippen LogP contribution in [0, 0.1) is 10.8 Å². The maximum absolute atomic E-state index is 12.5. The van der Waals surface area contributed by atoms with E-state index in [1.807, 2.05) is 27.7 Å². The van der Waals surface area contributed by atoms with E-state index in [1.165, 1.54) is 0 Å². The van der Waals surface area contributed by atoms with E-state index in [2.05, 4.69) is 38.2 Å². The van der Waals surface area contributed by atoms with Gasteiger partial charge in [0, 0.05) is 0 Å². The Morgan fingerprint density at radius 2 is 0.952 bits per heavy atom. The minimum absolute atomic E-state index is 0.0871. The highest BCUT2D eigenvalue weighted by molar-refractivity contribution is 5.76. The first kappa shape index (κ1) is 40.4. The summed E-state index contributed by atoms with van der Waals surface area (Å²) in [6, 6.07) is 0. The number of ether oxygens (including phenoxy) is 2. The van der Waals surface area contributed by atoms with Gasteiger partial charge in [-0.15, -0.1) is 0 Å². The molecule has 0 aliphatic rings. The molecule has 0 aromatic heterocycles. The van der Waals surface area contributed by atoms with Crippen molar-refractivity contribution in [3.63, 3.8) is 0 Å². The van der Waals surface area contributed by atoms with Crippen LogP contribution in [0.3, 0.4) is 0 Å². The molecule has 0 amide bonds. The third kappa shape index (κ3) is 22.9. The molecule has 0 radical (unpaired) electrons. The third-order valence-electron chi connectivity index (χ3n) is 8.08. The molecule has 0 aromatic carbocycles. The minimum Gasteiger partial charge on any atom is -0.465 e. The Kier molecular flexibility index (Phi) is 24.8. The quantitative estimate of drug-likeness (QED) is 0.0556. The van der Waals surface area contributed by atoms with E-state index in [-0.39, 0.29) is 18.0 Å². The molecule has 0 saturated heterocycles. The van der Waals surface area contributed by atoms with Gasteiger partial charge >= 0.3 is 11.9 Å². The molecule has 5 nitrogen and oxygen atoms in total. The Bertz CT molecular complexity index is 662. The van der Waals surface area contributed by atoms with Crippen LogP contribution in [0.5, 0.6) is 0 Å². The molecule has 42 heavy (non-hydrogen) atoms. The van der Waals surface area contributed by atoms with Gasteiger partial charge in [-0.25, -0.2) is 0 Å². The first-order valence-corrected chi connectivity index (χ1v) is 17.4. The summed E-state index contributed by atoms with van der Waals surface area (Å²) in [5, 5.41) is 10.4. The van der Waals surface area contributed by atoms with Gasteiger partial charge in [0.2, 0.25) is 0 Å². The average molecular weight is 593 g/mol. The maximum atomic E-state index is 12.5. The molecule has 0 aliphatic heterocycles. The predicted molar refractivity (Wildman–Crippen MR) is 177 cm³/mol. The molecule has 0 unspecified atom stereocenters. The Labute approximate surface area is 260 Å². The van der Waals surface area contributed by atoms with Crippen molar-refractivity contribution < 1.29 is 24.2 Å². The molecule has 0 aromatic rings. The van der Waals surface area contributed by atoms with Crippen LogP contribution in [-0.4, -0.2) is 36.4 Å². The molecule has 0 atom stereocenters. The second-order valence-electron chi connectivity index (χ2n) is 13.4. The van der Waals surface area contributed by atoms with Gasteiger partial charge in [-0.2, -0.15) is 0 Å². The zero-order valence-corrected chi connectivity index (χ0v) is 28.5. The smallest absolute Gasteiger partial charge is 0.311 e. The topological polar surface area (TPSA) is 72.8 Å². The first-order valence-electron chi connectivity index (χ1n) is 17.4. The van der Waals surface area contributed by atoms with Crippen LogP contribution in [0.1, 0.15) is 170 Å². The second kappa shape index (κ2) is 25.8. The number of aliphatic hydroxyl groups excluding tert-OH is 1. The van der Waals surface area contributed by atoms with E-state index in [0.29, 0.717) is 13.2 Å². The largest absolute Gasteiger partial charge is 0.465 e. The number of allylic oxidation sites excluding steroid dienone is 4. The van der Waals surface area contributed by atoms with Gasteiger partial charge in [0.15, 0.2) is 0 Å². The van der Waals surface area contributed by atoms with Crippen LogP contribution in [0.4, 0.5) is 0 Å². The number of rotatable bonds is 28. The van der Waals surface area contributed by atoms with Gasteiger partial charge in [-0.3, -0.25) is 9.59 Å². The van der Waals surface area contributed by atoms with Crippen molar-refractivity contribution in [3.05, 3.63) is 24.3 Å². The van der Waals surface area contributed by atoms with Crippen LogP contribution >= 0.6 is 0 Å². The van der Waals surface area contributed by atoms with Crippen molar-refractivity contribution in [2.45, 2.75) is 176 Å². The lowest BCUT2D eigenvalue weighted by Crippen LogP contribution is -2.27. The van der Waals surface area contributed by atoms with Crippen LogP contribution in [0.2, 0.25) is 0 Å². The summed E-state index contributed by atoms with van der Waals surface area (Å²) in [4.78, 5) is 25.0. The molecular formula is C37H68O5. The fourth-order valence-corrected chi connectivity index (χ4v) is 4.97. The van der Waals surface area contributed by atoms with Crippen LogP contribution in [0.25, 0.3) is 0 Å².